The maximum atomic E-state index is 5.53. The molecule has 0 fully saturated rings. The average Bonchev–Trinajstić information content (AvgIpc) is 2.94. The predicted molar refractivity (Wildman–Crippen MR) is 64.3 cm³/mol. The summed E-state index contributed by atoms with van der Waals surface area (Å²) in [5.74, 6) is 1.66. The van der Waals surface area contributed by atoms with Gasteiger partial charge in [0.05, 0.1) is 18.4 Å². The van der Waals surface area contributed by atoms with Gasteiger partial charge in [-0.05, 0) is 13.0 Å². The minimum atomic E-state index is 0.222. The summed E-state index contributed by atoms with van der Waals surface area (Å²) < 4.78 is 7.40. The number of hydrogen-bond donors (Lipinski definition) is 1. The Balaban J connectivity index is 1.92. The van der Waals surface area contributed by atoms with Gasteiger partial charge in [-0.1, -0.05) is 6.92 Å². The second kappa shape index (κ2) is 5.14. The monoisotopic (exact) mass is 234 g/mol. The van der Waals surface area contributed by atoms with Crippen LogP contribution < -0.4 is 5.32 Å². The first-order chi connectivity index (χ1) is 8.20. The van der Waals surface area contributed by atoms with Crippen LogP contribution in [0.25, 0.3) is 0 Å². The molecule has 0 spiro atoms. The van der Waals surface area contributed by atoms with Crippen LogP contribution in [0.1, 0.15) is 37.2 Å². The van der Waals surface area contributed by atoms with Crippen molar-refractivity contribution in [2.45, 2.75) is 32.9 Å². The third kappa shape index (κ3) is 2.74. The number of hydrogen-bond acceptors (Lipinski definition) is 4. The van der Waals surface area contributed by atoms with Gasteiger partial charge in [0.25, 0.3) is 0 Å². The summed E-state index contributed by atoms with van der Waals surface area (Å²) in [6, 6.07) is 2.23. The molecule has 0 saturated carbocycles. The van der Waals surface area contributed by atoms with Gasteiger partial charge in [-0.3, -0.25) is 4.68 Å². The first-order valence-electron chi connectivity index (χ1n) is 5.85. The topological polar surface area (TPSA) is 55.9 Å². The highest BCUT2D eigenvalue weighted by atomic mass is 16.4. The zero-order valence-corrected chi connectivity index (χ0v) is 10.5. The molecular weight excluding hydrogens is 216 g/mol. The highest BCUT2D eigenvalue weighted by Crippen LogP contribution is 2.11. The van der Waals surface area contributed by atoms with Crippen molar-refractivity contribution in [1.82, 2.24) is 20.1 Å². The largest absolute Gasteiger partial charge is 0.444 e. The van der Waals surface area contributed by atoms with Crippen LogP contribution >= 0.6 is 0 Å². The van der Waals surface area contributed by atoms with E-state index >= 15 is 0 Å². The fraction of sp³-hybridized carbons (Fsp3) is 0.500. The van der Waals surface area contributed by atoms with Gasteiger partial charge in [-0.15, -0.1) is 0 Å². The molecule has 2 heterocycles. The fourth-order valence-electron chi connectivity index (χ4n) is 1.75. The van der Waals surface area contributed by atoms with Crippen LogP contribution in [0.5, 0.6) is 0 Å². The van der Waals surface area contributed by atoms with Crippen LogP contribution in [0, 0.1) is 0 Å². The number of oxazole rings is 1. The number of nitrogens with zero attached hydrogens (tertiary/aromatic N) is 3. The van der Waals surface area contributed by atoms with E-state index < -0.39 is 0 Å². The molecule has 2 rings (SSSR count). The molecule has 0 aliphatic rings. The smallest absolute Gasteiger partial charge is 0.208 e. The van der Waals surface area contributed by atoms with Crippen molar-refractivity contribution in [3.05, 3.63) is 35.8 Å². The minimum Gasteiger partial charge on any atom is -0.444 e. The van der Waals surface area contributed by atoms with Crippen molar-refractivity contribution in [2.24, 2.45) is 7.05 Å². The summed E-state index contributed by atoms with van der Waals surface area (Å²) in [7, 11) is 1.94. The molecule has 2 aromatic rings. The Bertz CT molecular complexity index is 474. The number of aryl methyl sites for hydroxylation is 2. The molecule has 0 saturated heterocycles. The van der Waals surface area contributed by atoms with Gasteiger partial charge >= 0.3 is 0 Å². The zero-order chi connectivity index (χ0) is 12.3. The first kappa shape index (κ1) is 11.9. The second-order valence-corrected chi connectivity index (χ2v) is 4.06. The summed E-state index contributed by atoms with van der Waals surface area (Å²) in [6.45, 7) is 4.78. The van der Waals surface area contributed by atoms with Crippen LogP contribution in [-0.2, 0) is 20.0 Å². The fourth-order valence-corrected chi connectivity index (χ4v) is 1.75. The highest BCUT2D eigenvalue weighted by molar-refractivity contribution is 5.05. The number of aromatic nitrogens is 3. The summed E-state index contributed by atoms with van der Waals surface area (Å²) >= 11 is 0. The Hall–Kier alpha value is -1.62. The first-order valence-corrected chi connectivity index (χ1v) is 5.85. The van der Waals surface area contributed by atoms with Gasteiger partial charge in [0, 0.05) is 25.7 Å². The summed E-state index contributed by atoms with van der Waals surface area (Å²) in [5, 5.41) is 7.51. The van der Waals surface area contributed by atoms with Gasteiger partial charge in [-0.25, -0.2) is 4.98 Å². The number of rotatable bonds is 5. The van der Waals surface area contributed by atoms with E-state index in [1.165, 1.54) is 0 Å². The maximum Gasteiger partial charge on any atom is 0.208 e. The van der Waals surface area contributed by atoms with Gasteiger partial charge in [0.1, 0.15) is 5.76 Å². The highest BCUT2D eigenvalue weighted by Gasteiger charge is 2.10. The van der Waals surface area contributed by atoms with Crippen LogP contribution in [0.3, 0.4) is 0 Å². The van der Waals surface area contributed by atoms with Gasteiger partial charge < -0.3 is 9.73 Å². The van der Waals surface area contributed by atoms with Gasteiger partial charge in [0.2, 0.25) is 5.89 Å². The number of nitrogens with one attached hydrogen (secondary N) is 1. The van der Waals surface area contributed by atoms with Crippen molar-refractivity contribution in [3.8, 4) is 0 Å². The van der Waals surface area contributed by atoms with Crippen molar-refractivity contribution in [3.63, 3.8) is 0 Å². The van der Waals surface area contributed by atoms with E-state index in [1.54, 1.807) is 12.4 Å². The zero-order valence-electron chi connectivity index (χ0n) is 10.5. The molecule has 1 N–H and O–H groups in total. The molecule has 0 aromatic carbocycles. The summed E-state index contributed by atoms with van der Waals surface area (Å²) in [4.78, 5) is 4.21. The molecule has 1 atom stereocenters. The lowest BCUT2D eigenvalue weighted by molar-refractivity contribution is 0.418. The normalized spacial score (nSPS) is 12.9. The summed E-state index contributed by atoms with van der Waals surface area (Å²) in [6.07, 6.45) is 4.46. The molecule has 0 bridgehead atoms. The standard InChI is InChI=1S/C12H18N4O/c1-4-10-7-14-12(17-10)8-13-9(2)11-5-6-15-16(11)3/h5-7,9,13H,4,8H2,1-3H3. The molecule has 1 unspecified atom stereocenters. The van der Waals surface area contributed by atoms with E-state index in [1.807, 2.05) is 17.8 Å². The minimum absolute atomic E-state index is 0.222. The maximum absolute atomic E-state index is 5.53. The van der Waals surface area contributed by atoms with Crippen LogP contribution in [0.4, 0.5) is 0 Å². The Kier molecular flexibility index (Phi) is 3.58. The molecule has 5 heteroatoms. The van der Waals surface area contributed by atoms with E-state index in [4.69, 9.17) is 4.42 Å². The summed E-state index contributed by atoms with van der Waals surface area (Å²) in [5.41, 5.74) is 1.15. The lowest BCUT2D eigenvalue weighted by Crippen LogP contribution is -2.20. The van der Waals surface area contributed by atoms with E-state index in [-0.39, 0.29) is 6.04 Å². The molecule has 92 valence electrons. The van der Waals surface area contributed by atoms with Crippen LogP contribution in [-0.4, -0.2) is 14.8 Å². The Morgan fingerprint density at radius 2 is 2.35 bits per heavy atom. The van der Waals surface area contributed by atoms with E-state index in [2.05, 4.69) is 29.2 Å². The Morgan fingerprint density at radius 3 is 2.94 bits per heavy atom. The molecule has 0 aliphatic carbocycles. The Labute approximate surface area is 101 Å². The quantitative estimate of drug-likeness (QED) is 0.857. The Morgan fingerprint density at radius 1 is 1.53 bits per heavy atom. The van der Waals surface area contributed by atoms with Crippen molar-refractivity contribution in [2.75, 3.05) is 0 Å². The molecule has 17 heavy (non-hydrogen) atoms. The van der Waals surface area contributed by atoms with E-state index in [0.29, 0.717) is 6.54 Å². The predicted octanol–water partition coefficient (Wildman–Crippen LogP) is 1.82. The van der Waals surface area contributed by atoms with Gasteiger partial charge in [-0.2, -0.15) is 5.10 Å². The average molecular weight is 234 g/mol. The third-order valence-electron chi connectivity index (χ3n) is 2.81. The van der Waals surface area contributed by atoms with Crippen LogP contribution in [0.15, 0.2) is 22.9 Å². The lowest BCUT2D eigenvalue weighted by atomic mass is 10.2. The van der Waals surface area contributed by atoms with Crippen LogP contribution in [0.2, 0.25) is 0 Å². The van der Waals surface area contributed by atoms with Crippen molar-refractivity contribution >= 4 is 0 Å². The third-order valence-corrected chi connectivity index (χ3v) is 2.81. The molecule has 0 aliphatic heterocycles. The van der Waals surface area contributed by atoms with Crippen molar-refractivity contribution in [1.29, 1.82) is 0 Å². The molecule has 5 nitrogen and oxygen atoms in total. The SMILES string of the molecule is CCc1cnc(CNC(C)c2ccnn2C)o1. The molecule has 2 aromatic heterocycles. The molecule has 0 amide bonds. The van der Waals surface area contributed by atoms with E-state index in [9.17, 15) is 0 Å². The second-order valence-electron chi connectivity index (χ2n) is 4.06. The van der Waals surface area contributed by atoms with E-state index in [0.717, 1.165) is 23.8 Å². The van der Waals surface area contributed by atoms with Crippen molar-refractivity contribution < 1.29 is 4.42 Å². The lowest BCUT2D eigenvalue weighted by Gasteiger charge is -2.12. The van der Waals surface area contributed by atoms with Gasteiger partial charge in [0.15, 0.2) is 0 Å². The molecule has 0 radical (unpaired) electrons. The molecular formula is C12H18N4O.